The minimum Gasteiger partial charge on any atom is -0.481 e. The van der Waals surface area contributed by atoms with Gasteiger partial charge in [-0.2, -0.15) is 0 Å². The third-order valence-corrected chi connectivity index (χ3v) is 2.88. The summed E-state index contributed by atoms with van der Waals surface area (Å²) in [6, 6.07) is 0. The monoisotopic (exact) mass is 212 g/mol. The van der Waals surface area contributed by atoms with Crippen LogP contribution >= 0.6 is 0 Å². The van der Waals surface area contributed by atoms with Crippen LogP contribution in [-0.4, -0.2) is 24.2 Å². The number of ether oxygens (including phenoxy) is 1. The second-order valence-electron chi connectivity index (χ2n) is 4.07. The Morgan fingerprint density at radius 3 is 2.60 bits per heavy atom. The summed E-state index contributed by atoms with van der Waals surface area (Å²) in [4.78, 5) is 22.5. The van der Waals surface area contributed by atoms with Crippen LogP contribution in [0.1, 0.15) is 20.3 Å². The van der Waals surface area contributed by atoms with Gasteiger partial charge >= 0.3 is 11.9 Å². The van der Waals surface area contributed by atoms with E-state index in [2.05, 4.69) is 4.74 Å². The molecule has 1 rings (SSSR count). The summed E-state index contributed by atoms with van der Waals surface area (Å²) in [6.45, 7) is 3.72. The molecule has 0 aliphatic heterocycles. The van der Waals surface area contributed by atoms with Crippen LogP contribution in [0.3, 0.4) is 0 Å². The van der Waals surface area contributed by atoms with Crippen molar-refractivity contribution in [2.75, 3.05) is 7.11 Å². The Bertz CT molecular complexity index is 306. The van der Waals surface area contributed by atoms with Gasteiger partial charge in [-0.1, -0.05) is 18.6 Å². The van der Waals surface area contributed by atoms with E-state index in [9.17, 15) is 9.59 Å². The van der Waals surface area contributed by atoms with Crippen LogP contribution in [0.25, 0.3) is 0 Å². The second kappa shape index (κ2) is 4.47. The number of carbonyl (C=O) groups excluding carboxylic acids is 1. The van der Waals surface area contributed by atoms with E-state index >= 15 is 0 Å². The third kappa shape index (κ3) is 2.37. The summed E-state index contributed by atoms with van der Waals surface area (Å²) in [5, 5.41) is 9.07. The minimum absolute atomic E-state index is 0.125. The first-order valence-electron chi connectivity index (χ1n) is 4.95. The van der Waals surface area contributed by atoms with Gasteiger partial charge in [0.1, 0.15) is 0 Å². The highest BCUT2D eigenvalue weighted by Crippen LogP contribution is 2.34. The van der Waals surface area contributed by atoms with Gasteiger partial charge in [0.25, 0.3) is 0 Å². The number of esters is 1. The summed E-state index contributed by atoms with van der Waals surface area (Å²) in [5.41, 5.74) is 1.05. The number of hydrogen-bond donors (Lipinski definition) is 1. The van der Waals surface area contributed by atoms with Crippen LogP contribution in [0.4, 0.5) is 0 Å². The zero-order valence-corrected chi connectivity index (χ0v) is 9.19. The predicted molar refractivity (Wildman–Crippen MR) is 54.2 cm³/mol. The standard InChI is InChI=1S/C11H16O4/c1-6-4-7(2)9(10(12)13)8(5-6)11(14)15-3/h4,7-9H,5H2,1-3H3,(H,12,13)/t7-,8-,9+/m1/s1. The van der Waals surface area contributed by atoms with E-state index in [4.69, 9.17) is 5.11 Å². The topological polar surface area (TPSA) is 63.6 Å². The van der Waals surface area contributed by atoms with E-state index in [1.54, 1.807) is 0 Å². The molecule has 84 valence electrons. The molecule has 0 radical (unpaired) electrons. The Morgan fingerprint density at radius 2 is 2.13 bits per heavy atom. The van der Waals surface area contributed by atoms with Crippen molar-refractivity contribution >= 4 is 11.9 Å². The van der Waals surface area contributed by atoms with Gasteiger partial charge < -0.3 is 9.84 Å². The van der Waals surface area contributed by atoms with Crippen molar-refractivity contribution in [3.8, 4) is 0 Å². The maximum atomic E-state index is 11.5. The van der Waals surface area contributed by atoms with Gasteiger partial charge in [-0.15, -0.1) is 0 Å². The zero-order chi connectivity index (χ0) is 11.6. The first-order chi connectivity index (χ1) is 6.97. The summed E-state index contributed by atoms with van der Waals surface area (Å²) < 4.78 is 4.64. The molecule has 3 atom stereocenters. The quantitative estimate of drug-likeness (QED) is 0.556. The fourth-order valence-corrected chi connectivity index (χ4v) is 2.24. The van der Waals surface area contributed by atoms with Crippen molar-refractivity contribution in [2.24, 2.45) is 17.8 Å². The highest BCUT2D eigenvalue weighted by Gasteiger charge is 2.40. The van der Waals surface area contributed by atoms with Crippen LogP contribution in [0.2, 0.25) is 0 Å². The fourth-order valence-electron chi connectivity index (χ4n) is 2.24. The third-order valence-electron chi connectivity index (χ3n) is 2.88. The average molecular weight is 212 g/mol. The highest BCUT2D eigenvalue weighted by molar-refractivity contribution is 5.82. The molecule has 1 N–H and O–H groups in total. The van der Waals surface area contributed by atoms with Crippen molar-refractivity contribution in [3.05, 3.63) is 11.6 Å². The molecule has 15 heavy (non-hydrogen) atoms. The molecule has 0 unspecified atom stereocenters. The summed E-state index contributed by atoms with van der Waals surface area (Å²) in [5.74, 6) is -2.70. The van der Waals surface area contributed by atoms with Crippen molar-refractivity contribution in [3.63, 3.8) is 0 Å². The van der Waals surface area contributed by atoms with Gasteiger partial charge in [0.05, 0.1) is 18.9 Å². The lowest BCUT2D eigenvalue weighted by atomic mass is 9.74. The largest absolute Gasteiger partial charge is 0.481 e. The molecule has 0 aromatic heterocycles. The smallest absolute Gasteiger partial charge is 0.309 e. The number of carboxylic acid groups (broad SMARTS) is 1. The Hall–Kier alpha value is -1.32. The van der Waals surface area contributed by atoms with Gasteiger partial charge in [0, 0.05) is 0 Å². The van der Waals surface area contributed by atoms with Crippen molar-refractivity contribution in [1.82, 2.24) is 0 Å². The second-order valence-corrected chi connectivity index (χ2v) is 4.07. The number of carbonyl (C=O) groups is 2. The van der Waals surface area contributed by atoms with Crippen LogP contribution in [0, 0.1) is 17.8 Å². The number of allylic oxidation sites excluding steroid dienone is 2. The molecule has 0 heterocycles. The van der Waals surface area contributed by atoms with Crippen molar-refractivity contribution in [2.45, 2.75) is 20.3 Å². The Morgan fingerprint density at radius 1 is 1.53 bits per heavy atom. The van der Waals surface area contributed by atoms with E-state index in [1.807, 2.05) is 19.9 Å². The lowest BCUT2D eigenvalue weighted by Gasteiger charge is -2.30. The molecule has 0 aromatic carbocycles. The molecule has 1 aliphatic carbocycles. The first-order valence-corrected chi connectivity index (χ1v) is 4.95. The normalized spacial score (nSPS) is 30.6. The lowest BCUT2D eigenvalue weighted by Crippen LogP contribution is -2.37. The van der Waals surface area contributed by atoms with Crippen molar-refractivity contribution < 1.29 is 19.4 Å². The van der Waals surface area contributed by atoms with E-state index in [-0.39, 0.29) is 5.92 Å². The van der Waals surface area contributed by atoms with Gasteiger partial charge in [0.15, 0.2) is 0 Å². The molecule has 0 saturated heterocycles. The maximum Gasteiger partial charge on any atom is 0.309 e. The van der Waals surface area contributed by atoms with Crippen LogP contribution < -0.4 is 0 Å². The number of rotatable bonds is 2. The van der Waals surface area contributed by atoms with Crippen LogP contribution in [0.5, 0.6) is 0 Å². The molecule has 0 aromatic rings. The van der Waals surface area contributed by atoms with E-state index in [0.717, 1.165) is 5.57 Å². The van der Waals surface area contributed by atoms with Gasteiger partial charge in [-0.05, 0) is 19.3 Å². The Kier molecular flexibility index (Phi) is 3.50. The number of methoxy groups -OCH3 is 1. The molecule has 0 amide bonds. The summed E-state index contributed by atoms with van der Waals surface area (Å²) in [6.07, 6.45) is 2.40. The number of hydrogen-bond acceptors (Lipinski definition) is 3. The van der Waals surface area contributed by atoms with Crippen molar-refractivity contribution in [1.29, 1.82) is 0 Å². The molecule has 1 aliphatic rings. The summed E-state index contributed by atoms with van der Waals surface area (Å²) in [7, 11) is 1.29. The van der Waals surface area contributed by atoms with E-state index in [1.165, 1.54) is 7.11 Å². The maximum absolute atomic E-state index is 11.5. The zero-order valence-electron chi connectivity index (χ0n) is 9.19. The number of carboxylic acids is 1. The molecular weight excluding hydrogens is 196 g/mol. The predicted octanol–water partition coefficient (Wildman–Crippen LogP) is 1.46. The Balaban J connectivity index is 2.97. The fraction of sp³-hybridized carbons (Fsp3) is 0.636. The van der Waals surface area contributed by atoms with Gasteiger partial charge in [0.2, 0.25) is 0 Å². The summed E-state index contributed by atoms with van der Waals surface area (Å²) >= 11 is 0. The molecule has 0 saturated carbocycles. The molecule has 0 fully saturated rings. The minimum atomic E-state index is -0.929. The highest BCUT2D eigenvalue weighted by atomic mass is 16.5. The molecular formula is C11H16O4. The van der Waals surface area contributed by atoms with Crippen LogP contribution in [0.15, 0.2) is 11.6 Å². The SMILES string of the molecule is COC(=O)[C@@H]1CC(C)=C[C@@H](C)[C@@H]1C(=O)O. The van der Waals surface area contributed by atoms with Gasteiger partial charge in [-0.25, -0.2) is 0 Å². The lowest BCUT2D eigenvalue weighted by molar-refractivity contribution is -0.157. The molecule has 4 heteroatoms. The first kappa shape index (κ1) is 11.8. The average Bonchev–Trinajstić information content (AvgIpc) is 2.14. The Labute approximate surface area is 88.9 Å². The molecule has 0 spiro atoms. The molecule has 4 nitrogen and oxygen atoms in total. The van der Waals surface area contributed by atoms with Gasteiger partial charge in [-0.3, -0.25) is 9.59 Å². The van der Waals surface area contributed by atoms with E-state index in [0.29, 0.717) is 6.42 Å². The van der Waals surface area contributed by atoms with Crippen LogP contribution in [-0.2, 0) is 14.3 Å². The number of aliphatic carboxylic acids is 1. The van der Waals surface area contributed by atoms with E-state index < -0.39 is 23.8 Å². The molecule has 0 bridgehead atoms.